The number of allylic oxidation sites excluding steroid dienone is 2. The van der Waals surface area contributed by atoms with Crippen LogP contribution in [0.25, 0.3) is 0 Å². The third-order valence-corrected chi connectivity index (χ3v) is 2.82. The average molecular weight is 266 g/mol. The molecule has 0 radical (unpaired) electrons. The molecular formula is C16H26O3. The first-order valence-electron chi connectivity index (χ1n) is 6.68. The van der Waals surface area contributed by atoms with Crippen LogP contribution in [0.1, 0.15) is 55.4 Å². The summed E-state index contributed by atoms with van der Waals surface area (Å²) in [5, 5.41) is 0. The van der Waals surface area contributed by atoms with E-state index in [0.29, 0.717) is 5.57 Å². The Morgan fingerprint density at radius 3 is 2.00 bits per heavy atom. The van der Waals surface area contributed by atoms with Gasteiger partial charge >= 0.3 is 0 Å². The van der Waals surface area contributed by atoms with E-state index in [2.05, 4.69) is 0 Å². The molecule has 1 aliphatic carbocycles. The third kappa shape index (κ3) is 4.29. The van der Waals surface area contributed by atoms with Gasteiger partial charge in [0.2, 0.25) is 0 Å². The summed E-state index contributed by atoms with van der Waals surface area (Å²) in [4.78, 5) is 23.2. The zero-order chi connectivity index (χ0) is 15.1. The van der Waals surface area contributed by atoms with Gasteiger partial charge in [0.1, 0.15) is 5.60 Å². The van der Waals surface area contributed by atoms with Crippen molar-refractivity contribution in [2.24, 2.45) is 5.41 Å². The summed E-state index contributed by atoms with van der Waals surface area (Å²) in [6, 6.07) is 0. The van der Waals surface area contributed by atoms with Crippen LogP contribution in [0.5, 0.6) is 0 Å². The quantitative estimate of drug-likeness (QED) is 0.560. The number of ketones is 1. The molecule has 0 saturated carbocycles. The van der Waals surface area contributed by atoms with E-state index >= 15 is 0 Å². The second kappa shape index (κ2) is 4.88. The lowest BCUT2D eigenvalue weighted by atomic mass is 9.76. The Hall–Kier alpha value is -0.930. The predicted molar refractivity (Wildman–Crippen MR) is 76.6 cm³/mol. The van der Waals surface area contributed by atoms with E-state index in [4.69, 9.17) is 9.78 Å². The van der Waals surface area contributed by atoms with Crippen molar-refractivity contribution in [2.75, 3.05) is 0 Å². The highest BCUT2D eigenvalue weighted by Crippen LogP contribution is 2.36. The molecule has 1 unspecified atom stereocenters. The van der Waals surface area contributed by atoms with E-state index in [1.54, 1.807) is 0 Å². The minimum Gasteiger partial charge on any atom is -0.289 e. The fourth-order valence-corrected chi connectivity index (χ4v) is 1.92. The van der Waals surface area contributed by atoms with E-state index in [9.17, 15) is 4.79 Å². The standard InChI is InChI=1S/C16H26O3/c1-11-9-16(8,19-18-15(5,6)7)10-12(13(11)17)14(2,3)4/h9-10H,1-8H3. The summed E-state index contributed by atoms with van der Waals surface area (Å²) < 4.78 is 0. The molecule has 0 fully saturated rings. The topological polar surface area (TPSA) is 35.5 Å². The maximum atomic E-state index is 12.2. The number of rotatable bonds is 2. The van der Waals surface area contributed by atoms with Gasteiger partial charge in [-0.2, -0.15) is 0 Å². The van der Waals surface area contributed by atoms with E-state index in [-0.39, 0.29) is 16.8 Å². The molecular weight excluding hydrogens is 240 g/mol. The van der Waals surface area contributed by atoms with Gasteiger partial charge in [-0.3, -0.25) is 4.79 Å². The average Bonchev–Trinajstić information content (AvgIpc) is 2.19. The second-order valence-electron chi connectivity index (χ2n) is 7.43. The number of hydrogen-bond acceptors (Lipinski definition) is 3. The summed E-state index contributed by atoms with van der Waals surface area (Å²) in [7, 11) is 0. The van der Waals surface area contributed by atoms with Crippen molar-refractivity contribution in [2.45, 2.75) is 66.6 Å². The predicted octanol–water partition coefficient (Wildman–Crippen LogP) is 3.99. The Morgan fingerprint density at radius 1 is 1.05 bits per heavy atom. The fourth-order valence-electron chi connectivity index (χ4n) is 1.92. The van der Waals surface area contributed by atoms with Crippen LogP contribution in [0.3, 0.4) is 0 Å². The van der Waals surface area contributed by atoms with Crippen molar-refractivity contribution in [1.82, 2.24) is 0 Å². The normalized spacial score (nSPS) is 25.2. The van der Waals surface area contributed by atoms with E-state index < -0.39 is 5.60 Å². The molecule has 0 spiro atoms. The maximum Gasteiger partial charge on any atom is 0.184 e. The molecule has 0 aromatic heterocycles. The minimum absolute atomic E-state index is 0.0873. The summed E-state index contributed by atoms with van der Waals surface area (Å²) in [6.45, 7) is 15.6. The number of Topliss-reactive ketones (excluding diaryl/α,β-unsaturated/α-hetero) is 1. The molecule has 3 nitrogen and oxygen atoms in total. The molecule has 0 aliphatic heterocycles. The van der Waals surface area contributed by atoms with Crippen molar-refractivity contribution >= 4 is 5.78 Å². The lowest BCUT2D eigenvalue weighted by Gasteiger charge is -2.33. The van der Waals surface area contributed by atoms with Crippen LogP contribution >= 0.6 is 0 Å². The number of carbonyl (C=O) groups excluding carboxylic acids is 1. The largest absolute Gasteiger partial charge is 0.289 e. The van der Waals surface area contributed by atoms with Crippen LogP contribution in [0, 0.1) is 5.41 Å². The van der Waals surface area contributed by atoms with Gasteiger partial charge in [-0.15, -0.1) is 0 Å². The van der Waals surface area contributed by atoms with Crippen LogP contribution in [0.2, 0.25) is 0 Å². The third-order valence-electron chi connectivity index (χ3n) is 2.82. The zero-order valence-corrected chi connectivity index (χ0v) is 13.4. The smallest absolute Gasteiger partial charge is 0.184 e. The van der Waals surface area contributed by atoms with Crippen LogP contribution in [-0.2, 0) is 14.6 Å². The van der Waals surface area contributed by atoms with Gasteiger partial charge in [0.15, 0.2) is 5.78 Å². The molecule has 0 aromatic carbocycles. The van der Waals surface area contributed by atoms with Crippen LogP contribution in [0.15, 0.2) is 23.3 Å². The Morgan fingerprint density at radius 2 is 1.58 bits per heavy atom. The first kappa shape index (κ1) is 16.1. The first-order valence-corrected chi connectivity index (χ1v) is 6.68. The highest BCUT2D eigenvalue weighted by molar-refractivity contribution is 6.09. The molecule has 0 heterocycles. The van der Waals surface area contributed by atoms with E-state index in [1.807, 2.05) is 67.5 Å². The van der Waals surface area contributed by atoms with Crippen molar-refractivity contribution in [3.8, 4) is 0 Å². The van der Waals surface area contributed by atoms with Crippen molar-refractivity contribution in [1.29, 1.82) is 0 Å². The number of hydrogen-bond donors (Lipinski definition) is 0. The molecule has 3 heteroatoms. The lowest BCUT2D eigenvalue weighted by Crippen LogP contribution is -2.36. The Balaban J connectivity index is 3.07. The Bertz CT molecular complexity index is 430. The second-order valence-corrected chi connectivity index (χ2v) is 7.43. The molecule has 1 aliphatic rings. The van der Waals surface area contributed by atoms with E-state index in [0.717, 1.165) is 5.57 Å². The molecule has 0 aromatic rings. The lowest BCUT2D eigenvalue weighted by molar-refractivity contribution is -0.380. The first-order chi connectivity index (χ1) is 8.34. The molecule has 0 amide bonds. The van der Waals surface area contributed by atoms with Crippen molar-refractivity contribution < 1.29 is 14.6 Å². The van der Waals surface area contributed by atoms with Crippen molar-refractivity contribution in [3.63, 3.8) is 0 Å². The molecule has 0 bridgehead atoms. The Labute approximate surface area is 116 Å². The maximum absolute atomic E-state index is 12.2. The van der Waals surface area contributed by atoms with Gasteiger partial charge < -0.3 is 0 Å². The summed E-state index contributed by atoms with van der Waals surface area (Å²) in [5.41, 5.74) is 0.175. The van der Waals surface area contributed by atoms with Gasteiger partial charge in [0.05, 0.1) is 5.60 Å². The number of carbonyl (C=O) groups is 1. The summed E-state index contributed by atoms with van der Waals surface area (Å²) in [6.07, 6.45) is 3.68. The van der Waals surface area contributed by atoms with Gasteiger partial charge in [-0.1, -0.05) is 20.8 Å². The van der Waals surface area contributed by atoms with Crippen LogP contribution in [-0.4, -0.2) is 17.0 Å². The SMILES string of the molecule is CC1=CC(C)(OOC(C)(C)C)C=C(C(C)(C)C)C1=O. The molecule has 1 atom stereocenters. The fraction of sp³-hybridized carbons (Fsp3) is 0.688. The monoisotopic (exact) mass is 266 g/mol. The highest BCUT2D eigenvalue weighted by atomic mass is 17.2. The van der Waals surface area contributed by atoms with E-state index in [1.165, 1.54) is 0 Å². The summed E-state index contributed by atoms with van der Waals surface area (Å²) in [5.74, 6) is 0.0873. The zero-order valence-electron chi connectivity index (χ0n) is 13.4. The van der Waals surface area contributed by atoms with Gasteiger partial charge in [0.25, 0.3) is 0 Å². The summed E-state index contributed by atoms with van der Waals surface area (Å²) >= 11 is 0. The molecule has 0 N–H and O–H groups in total. The van der Waals surface area contributed by atoms with Gasteiger partial charge in [-0.05, 0) is 57.8 Å². The van der Waals surface area contributed by atoms with Gasteiger partial charge in [-0.25, -0.2) is 9.78 Å². The molecule has 0 saturated heterocycles. The molecule has 108 valence electrons. The van der Waals surface area contributed by atoms with Gasteiger partial charge in [0, 0.05) is 5.57 Å². The molecule has 19 heavy (non-hydrogen) atoms. The van der Waals surface area contributed by atoms with Crippen LogP contribution in [0.4, 0.5) is 0 Å². The molecule has 1 rings (SSSR count). The highest BCUT2D eigenvalue weighted by Gasteiger charge is 2.36. The van der Waals surface area contributed by atoms with Crippen LogP contribution < -0.4 is 0 Å². The minimum atomic E-state index is -0.701. The van der Waals surface area contributed by atoms with Crippen molar-refractivity contribution in [3.05, 3.63) is 23.3 Å². The Kier molecular flexibility index (Phi) is 4.14.